The Kier molecular flexibility index (Phi) is 8.15. The SMILES string of the molecule is CC(C)CCCCCCNCc1ccc(Br)s1. The maximum absolute atomic E-state index is 3.50. The van der Waals surface area contributed by atoms with Crippen molar-refractivity contribution < 1.29 is 0 Å². The molecule has 0 saturated carbocycles. The van der Waals surface area contributed by atoms with E-state index < -0.39 is 0 Å². The van der Waals surface area contributed by atoms with Gasteiger partial charge in [0.05, 0.1) is 3.79 Å². The molecule has 1 aromatic rings. The lowest BCUT2D eigenvalue weighted by Gasteiger charge is -2.05. The second-order valence-electron chi connectivity index (χ2n) is 4.98. The van der Waals surface area contributed by atoms with Crippen LogP contribution in [0.15, 0.2) is 15.9 Å². The normalized spacial score (nSPS) is 11.3. The molecule has 17 heavy (non-hydrogen) atoms. The Bertz CT molecular complexity index is 296. The predicted molar refractivity (Wildman–Crippen MR) is 81.6 cm³/mol. The van der Waals surface area contributed by atoms with E-state index in [-0.39, 0.29) is 0 Å². The highest BCUT2D eigenvalue weighted by atomic mass is 79.9. The molecule has 0 saturated heterocycles. The molecule has 1 heterocycles. The van der Waals surface area contributed by atoms with Gasteiger partial charge in [0.2, 0.25) is 0 Å². The van der Waals surface area contributed by atoms with Crippen molar-refractivity contribution in [2.45, 2.75) is 52.5 Å². The Morgan fingerprint density at radius 3 is 2.59 bits per heavy atom. The Morgan fingerprint density at radius 2 is 1.94 bits per heavy atom. The van der Waals surface area contributed by atoms with E-state index in [1.807, 2.05) is 11.3 Å². The van der Waals surface area contributed by atoms with Crippen LogP contribution in [0, 0.1) is 5.92 Å². The number of unbranched alkanes of at least 4 members (excludes halogenated alkanes) is 3. The van der Waals surface area contributed by atoms with Crippen LogP contribution < -0.4 is 5.32 Å². The molecule has 0 fully saturated rings. The largest absolute Gasteiger partial charge is 0.312 e. The van der Waals surface area contributed by atoms with Gasteiger partial charge in [-0.05, 0) is 46.9 Å². The van der Waals surface area contributed by atoms with Gasteiger partial charge in [-0.3, -0.25) is 0 Å². The third kappa shape index (κ3) is 7.96. The van der Waals surface area contributed by atoms with Gasteiger partial charge in [0.1, 0.15) is 0 Å². The van der Waals surface area contributed by atoms with Gasteiger partial charge >= 0.3 is 0 Å². The van der Waals surface area contributed by atoms with Gasteiger partial charge in [-0.25, -0.2) is 0 Å². The Hall–Kier alpha value is 0.140. The maximum Gasteiger partial charge on any atom is 0.0701 e. The van der Waals surface area contributed by atoms with Crippen LogP contribution in [0.4, 0.5) is 0 Å². The van der Waals surface area contributed by atoms with Gasteiger partial charge in [-0.2, -0.15) is 0 Å². The van der Waals surface area contributed by atoms with Gasteiger partial charge in [-0.1, -0.05) is 39.5 Å². The molecule has 0 aliphatic carbocycles. The van der Waals surface area contributed by atoms with Gasteiger partial charge < -0.3 is 5.32 Å². The van der Waals surface area contributed by atoms with Crippen LogP contribution in [0.25, 0.3) is 0 Å². The fourth-order valence-corrected chi connectivity index (χ4v) is 3.27. The van der Waals surface area contributed by atoms with Crippen molar-refractivity contribution in [1.29, 1.82) is 0 Å². The summed E-state index contributed by atoms with van der Waals surface area (Å²) in [6, 6.07) is 4.30. The topological polar surface area (TPSA) is 12.0 Å². The summed E-state index contributed by atoms with van der Waals surface area (Å²) < 4.78 is 1.22. The minimum atomic E-state index is 0.866. The molecule has 3 heteroatoms. The zero-order chi connectivity index (χ0) is 12.5. The third-order valence-electron chi connectivity index (χ3n) is 2.81. The molecular formula is C14H24BrNS. The Morgan fingerprint density at radius 1 is 1.18 bits per heavy atom. The molecule has 98 valence electrons. The molecular weight excluding hydrogens is 294 g/mol. The van der Waals surface area contributed by atoms with E-state index in [0.717, 1.165) is 19.0 Å². The molecule has 1 N–H and O–H groups in total. The average Bonchev–Trinajstić information content (AvgIpc) is 2.68. The lowest BCUT2D eigenvalue weighted by Crippen LogP contribution is -2.13. The summed E-state index contributed by atoms with van der Waals surface area (Å²) in [5.74, 6) is 0.866. The monoisotopic (exact) mass is 317 g/mol. The van der Waals surface area contributed by atoms with Crippen LogP contribution in [0.2, 0.25) is 0 Å². The van der Waals surface area contributed by atoms with Crippen LogP contribution >= 0.6 is 27.3 Å². The number of hydrogen-bond donors (Lipinski definition) is 1. The van der Waals surface area contributed by atoms with Crippen molar-refractivity contribution in [1.82, 2.24) is 5.32 Å². The fourth-order valence-electron chi connectivity index (χ4n) is 1.81. The smallest absolute Gasteiger partial charge is 0.0701 e. The summed E-state index contributed by atoms with van der Waals surface area (Å²) in [6.07, 6.45) is 6.86. The fraction of sp³-hybridized carbons (Fsp3) is 0.714. The lowest BCUT2D eigenvalue weighted by molar-refractivity contribution is 0.512. The van der Waals surface area contributed by atoms with Gasteiger partial charge in [0.25, 0.3) is 0 Å². The van der Waals surface area contributed by atoms with Crippen LogP contribution in [0.1, 0.15) is 50.8 Å². The lowest BCUT2D eigenvalue weighted by atomic mass is 10.0. The molecule has 0 aromatic carbocycles. The quantitative estimate of drug-likeness (QED) is 0.617. The molecule has 1 rings (SSSR count). The van der Waals surface area contributed by atoms with E-state index in [2.05, 4.69) is 47.2 Å². The molecule has 0 aliphatic heterocycles. The van der Waals surface area contributed by atoms with E-state index in [1.165, 1.54) is 40.8 Å². The predicted octanol–water partition coefficient (Wildman–Crippen LogP) is 5.21. The maximum atomic E-state index is 3.50. The van der Waals surface area contributed by atoms with E-state index >= 15 is 0 Å². The summed E-state index contributed by atoms with van der Waals surface area (Å²) in [6.45, 7) is 6.78. The Labute approximate surface area is 118 Å². The average molecular weight is 318 g/mol. The minimum absolute atomic E-state index is 0.866. The first kappa shape index (κ1) is 15.2. The summed E-state index contributed by atoms with van der Waals surface area (Å²) in [7, 11) is 0. The molecule has 0 unspecified atom stereocenters. The van der Waals surface area contributed by atoms with Gasteiger partial charge in [0.15, 0.2) is 0 Å². The molecule has 0 bridgehead atoms. The van der Waals surface area contributed by atoms with E-state index in [0.29, 0.717) is 0 Å². The highest BCUT2D eigenvalue weighted by Crippen LogP contribution is 2.21. The number of thiophene rings is 1. The number of rotatable bonds is 9. The number of hydrogen-bond acceptors (Lipinski definition) is 2. The molecule has 0 amide bonds. The van der Waals surface area contributed by atoms with Gasteiger partial charge in [-0.15, -0.1) is 11.3 Å². The number of nitrogens with one attached hydrogen (secondary N) is 1. The van der Waals surface area contributed by atoms with Crippen molar-refractivity contribution in [3.8, 4) is 0 Å². The van der Waals surface area contributed by atoms with Crippen molar-refractivity contribution in [3.05, 3.63) is 20.8 Å². The summed E-state index contributed by atoms with van der Waals surface area (Å²) in [5.41, 5.74) is 0. The summed E-state index contributed by atoms with van der Waals surface area (Å²) >= 11 is 5.30. The highest BCUT2D eigenvalue weighted by molar-refractivity contribution is 9.11. The first-order chi connectivity index (χ1) is 8.18. The number of halogens is 1. The first-order valence-electron chi connectivity index (χ1n) is 6.63. The molecule has 1 nitrogen and oxygen atoms in total. The van der Waals surface area contributed by atoms with Crippen molar-refractivity contribution in [2.24, 2.45) is 5.92 Å². The van der Waals surface area contributed by atoms with E-state index in [9.17, 15) is 0 Å². The molecule has 0 aliphatic rings. The third-order valence-corrected chi connectivity index (χ3v) is 4.44. The minimum Gasteiger partial charge on any atom is -0.312 e. The van der Waals surface area contributed by atoms with Crippen molar-refractivity contribution in [2.75, 3.05) is 6.54 Å². The van der Waals surface area contributed by atoms with E-state index in [1.54, 1.807) is 0 Å². The Balaban J connectivity index is 1.88. The zero-order valence-corrected chi connectivity index (χ0v) is 13.4. The van der Waals surface area contributed by atoms with Crippen LogP contribution in [0.3, 0.4) is 0 Å². The van der Waals surface area contributed by atoms with Crippen LogP contribution in [-0.2, 0) is 6.54 Å². The van der Waals surface area contributed by atoms with E-state index in [4.69, 9.17) is 0 Å². The zero-order valence-electron chi connectivity index (χ0n) is 11.0. The first-order valence-corrected chi connectivity index (χ1v) is 8.24. The molecule has 1 aromatic heterocycles. The van der Waals surface area contributed by atoms with Crippen molar-refractivity contribution in [3.63, 3.8) is 0 Å². The second kappa shape index (κ2) is 9.12. The summed E-state index contributed by atoms with van der Waals surface area (Å²) in [4.78, 5) is 1.41. The molecule has 0 radical (unpaired) electrons. The highest BCUT2D eigenvalue weighted by Gasteiger charge is 1.97. The molecule has 0 spiro atoms. The second-order valence-corrected chi connectivity index (χ2v) is 7.53. The summed E-state index contributed by atoms with van der Waals surface area (Å²) in [5, 5.41) is 3.50. The standard InChI is InChI=1S/C14H24BrNS/c1-12(2)7-5-3-4-6-10-16-11-13-8-9-14(15)17-13/h8-9,12,16H,3-7,10-11H2,1-2H3. The van der Waals surface area contributed by atoms with Gasteiger partial charge in [0, 0.05) is 11.4 Å². The van der Waals surface area contributed by atoms with Crippen molar-refractivity contribution >= 4 is 27.3 Å². The van der Waals surface area contributed by atoms with Crippen LogP contribution in [0.5, 0.6) is 0 Å². The molecule has 0 atom stereocenters. The van der Waals surface area contributed by atoms with Crippen LogP contribution in [-0.4, -0.2) is 6.54 Å².